The fraction of sp³-hybridized carbons (Fsp3) is 1.00. The van der Waals surface area contributed by atoms with Crippen LogP contribution >= 0.6 is 0 Å². The van der Waals surface area contributed by atoms with Crippen molar-refractivity contribution < 1.29 is 4.74 Å². The molecular weight excluding hydrogens is 202 g/mol. The average Bonchev–Trinajstić information content (AvgIpc) is 2.81. The number of nitrogens with zero attached hydrogens (tertiary/aromatic N) is 2. The molecule has 16 heavy (non-hydrogen) atoms. The third-order valence-electron chi connectivity index (χ3n) is 4.17. The number of hydrogen-bond acceptors (Lipinski definition) is 4. The van der Waals surface area contributed by atoms with Gasteiger partial charge in [-0.15, -0.1) is 0 Å². The SMILES string of the molecule is CC(C1CCOC1)N1CCN(C)CC1CN. The van der Waals surface area contributed by atoms with Crippen LogP contribution in [0.4, 0.5) is 0 Å². The summed E-state index contributed by atoms with van der Waals surface area (Å²) in [6, 6.07) is 1.14. The van der Waals surface area contributed by atoms with Crippen LogP contribution < -0.4 is 5.73 Å². The predicted octanol–water partition coefficient (Wildman–Crippen LogP) is -0.0139. The average molecular weight is 227 g/mol. The lowest BCUT2D eigenvalue weighted by Crippen LogP contribution is -2.58. The fourth-order valence-corrected chi connectivity index (χ4v) is 2.97. The summed E-state index contributed by atoms with van der Waals surface area (Å²) < 4.78 is 5.49. The summed E-state index contributed by atoms with van der Waals surface area (Å²) in [6.07, 6.45) is 1.21. The van der Waals surface area contributed by atoms with E-state index in [1.54, 1.807) is 0 Å². The molecule has 2 fully saturated rings. The lowest BCUT2D eigenvalue weighted by molar-refractivity contribution is 0.0360. The standard InChI is InChI=1S/C12H25N3O/c1-10(11-3-6-16-9-11)15-5-4-14(2)8-12(15)7-13/h10-12H,3-9,13H2,1-2H3. The van der Waals surface area contributed by atoms with Crippen LogP contribution in [0.15, 0.2) is 0 Å². The Morgan fingerprint density at radius 3 is 2.88 bits per heavy atom. The van der Waals surface area contributed by atoms with Gasteiger partial charge in [0.15, 0.2) is 0 Å². The number of piperazine rings is 1. The predicted molar refractivity (Wildman–Crippen MR) is 65.4 cm³/mol. The van der Waals surface area contributed by atoms with Gasteiger partial charge >= 0.3 is 0 Å². The minimum absolute atomic E-state index is 0.523. The number of hydrogen-bond donors (Lipinski definition) is 1. The largest absolute Gasteiger partial charge is 0.381 e. The summed E-state index contributed by atoms with van der Waals surface area (Å²) in [5.41, 5.74) is 5.89. The summed E-state index contributed by atoms with van der Waals surface area (Å²) in [5.74, 6) is 0.706. The summed E-state index contributed by atoms with van der Waals surface area (Å²) in [4.78, 5) is 4.98. The van der Waals surface area contributed by atoms with Crippen molar-refractivity contribution in [1.82, 2.24) is 9.80 Å². The summed E-state index contributed by atoms with van der Waals surface area (Å²) in [6.45, 7) is 8.40. The number of likely N-dealkylation sites (N-methyl/N-ethyl adjacent to an activating group) is 1. The van der Waals surface area contributed by atoms with Gasteiger partial charge in [0, 0.05) is 44.9 Å². The molecule has 0 saturated carbocycles. The second-order valence-electron chi connectivity index (χ2n) is 5.25. The molecular formula is C12H25N3O. The number of rotatable bonds is 3. The zero-order chi connectivity index (χ0) is 11.5. The molecule has 3 unspecified atom stereocenters. The Kier molecular flexibility index (Phi) is 4.19. The van der Waals surface area contributed by atoms with Gasteiger partial charge in [-0.25, -0.2) is 0 Å². The van der Waals surface area contributed by atoms with Crippen molar-refractivity contribution in [2.75, 3.05) is 46.4 Å². The topological polar surface area (TPSA) is 41.7 Å². The van der Waals surface area contributed by atoms with Crippen molar-refractivity contribution >= 4 is 0 Å². The number of ether oxygens (including phenoxy) is 1. The molecule has 0 aromatic heterocycles. The highest BCUT2D eigenvalue weighted by Gasteiger charge is 2.33. The second-order valence-corrected chi connectivity index (χ2v) is 5.25. The highest BCUT2D eigenvalue weighted by Crippen LogP contribution is 2.23. The van der Waals surface area contributed by atoms with E-state index < -0.39 is 0 Å². The first-order chi connectivity index (χ1) is 7.72. The maximum absolute atomic E-state index is 5.89. The van der Waals surface area contributed by atoms with Crippen LogP contribution in [0.2, 0.25) is 0 Å². The zero-order valence-corrected chi connectivity index (χ0v) is 10.6. The first-order valence-electron chi connectivity index (χ1n) is 6.44. The molecule has 4 heteroatoms. The van der Waals surface area contributed by atoms with Crippen molar-refractivity contribution in [3.8, 4) is 0 Å². The maximum atomic E-state index is 5.89. The molecule has 2 aliphatic heterocycles. The Morgan fingerprint density at radius 2 is 2.25 bits per heavy atom. The van der Waals surface area contributed by atoms with Crippen molar-refractivity contribution in [1.29, 1.82) is 0 Å². The lowest BCUT2D eigenvalue weighted by atomic mass is 9.96. The van der Waals surface area contributed by atoms with Crippen LogP contribution in [-0.4, -0.2) is 68.3 Å². The van der Waals surface area contributed by atoms with Gasteiger partial charge in [0.05, 0.1) is 6.61 Å². The third-order valence-corrected chi connectivity index (χ3v) is 4.17. The van der Waals surface area contributed by atoms with E-state index in [0.29, 0.717) is 18.0 Å². The van der Waals surface area contributed by atoms with Gasteiger partial charge in [-0.1, -0.05) is 0 Å². The first-order valence-corrected chi connectivity index (χ1v) is 6.44. The van der Waals surface area contributed by atoms with E-state index in [1.807, 2.05) is 0 Å². The first kappa shape index (κ1) is 12.3. The van der Waals surface area contributed by atoms with E-state index in [0.717, 1.165) is 39.4 Å². The molecule has 2 saturated heterocycles. The molecule has 3 atom stereocenters. The van der Waals surface area contributed by atoms with E-state index in [4.69, 9.17) is 10.5 Å². The van der Waals surface area contributed by atoms with Gasteiger partial charge in [0.25, 0.3) is 0 Å². The van der Waals surface area contributed by atoms with Gasteiger partial charge in [-0.05, 0) is 26.3 Å². The Balaban J connectivity index is 1.95. The Hall–Kier alpha value is -0.160. The smallest absolute Gasteiger partial charge is 0.0509 e. The van der Waals surface area contributed by atoms with Crippen LogP contribution in [-0.2, 0) is 4.74 Å². The van der Waals surface area contributed by atoms with Crippen molar-refractivity contribution in [3.05, 3.63) is 0 Å². The maximum Gasteiger partial charge on any atom is 0.0509 e. The van der Waals surface area contributed by atoms with Crippen LogP contribution in [0.5, 0.6) is 0 Å². The van der Waals surface area contributed by atoms with Gasteiger partial charge in [0.1, 0.15) is 0 Å². The van der Waals surface area contributed by atoms with Crippen LogP contribution in [0.3, 0.4) is 0 Å². The molecule has 2 N–H and O–H groups in total. The quantitative estimate of drug-likeness (QED) is 0.736. The third kappa shape index (κ3) is 2.56. The Bertz CT molecular complexity index is 218. The molecule has 0 radical (unpaired) electrons. The summed E-state index contributed by atoms with van der Waals surface area (Å²) >= 11 is 0. The van der Waals surface area contributed by atoms with Gasteiger partial charge in [0.2, 0.25) is 0 Å². The second kappa shape index (κ2) is 5.45. The zero-order valence-electron chi connectivity index (χ0n) is 10.6. The Labute approximate surface area is 98.7 Å². The molecule has 2 heterocycles. The van der Waals surface area contributed by atoms with Crippen LogP contribution in [0.25, 0.3) is 0 Å². The Morgan fingerprint density at radius 1 is 1.44 bits per heavy atom. The van der Waals surface area contributed by atoms with E-state index in [1.165, 1.54) is 6.42 Å². The minimum atomic E-state index is 0.523. The molecule has 4 nitrogen and oxygen atoms in total. The molecule has 94 valence electrons. The lowest BCUT2D eigenvalue weighted by Gasteiger charge is -2.44. The van der Waals surface area contributed by atoms with E-state index >= 15 is 0 Å². The van der Waals surface area contributed by atoms with Crippen LogP contribution in [0, 0.1) is 5.92 Å². The van der Waals surface area contributed by atoms with E-state index in [2.05, 4.69) is 23.8 Å². The summed E-state index contributed by atoms with van der Waals surface area (Å²) in [5, 5.41) is 0. The van der Waals surface area contributed by atoms with Gasteiger partial charge < -0.3 is 15.4 Å². The molecule has 0 aromatic rings. The van der Waals surface area contributed by atoms with Crippen molar-refractivity contribution in [2.24, 2.45) is 11.7 Å². The van der Waals surface area contributed by atoms with Crippen molar-refractivity contribution in [3.63, 3.8) is 0 Å². The van der Waals surface area contributed by atoms with Crippen LogP contribution in [0.1, 0.15) is 13.3 Å². The molecule has 0 spiro atoms. The molecule has 2 aliphatic rings. The van der Waals surface area contributed by atoms with Gasteiger partial charge in [-0.2, -0.15) is 0 Å². The molecule has 0 aromatic carbocycles. The summed E-state index contributed by atoms with van der Waals surface area (Å²) in [7, 11) is 2.18. The minimum Gasteiger partial charge on any atom is -0.381 e. The highest BCUT2D eigenvalue weighted by atomic mass is 16.5. The fourth-order valence-electron chi connectivity index (χ4n) is 2.97. The van der Waals surface area contributed by atoms with E-state index in [-0.39, 0.29) is 0 Å². The highest BCUT2D eigenvalue weighted by molar-refractivity contribution is 4.88. The van der Waals surface area contributed by atoms with Crippen molar-refractivity contribution in [2.45, 2.75) is 25.4 Å². The normalized spacial score (nSPS) is 35.4. The molecule has 0 amide bonds. The van der Waals surface area contributed by atoms with Gasteiger partial charge in [-0.3, -0.25) is 4.90 Å². The monoisotopic (exact) mass is 227 g/mol. The molecule has 0 bridgehead atoms. The van der Waals surface area contributed by atoms with E-state index in [9.17, 15) is 0 Å². The number of nitrogens with two attached hydrogens (primary N) is 1. The molecule has 0 aliphatic carbocycles. The molecule has 2 rings (SSSR count).